The van der Waals surface area contributed by atoms with E-state index in [9.17, 15) is 0 Å². The van der Waals surface area contributed by atoms with Crippen LogP contribution in [0.15, 0.2) is 201 Å². The minimum Gasteiger partial charge on any atom is -0.456 e. The second kappa shape index (κ2) is 12.0. The van der Waals surface area contributed by atoms with Crippen LogP contribution in [-0.4, -0.2) is 0 Å². The van der Waals surface area contributed by atoms with Crippen LogP contribution < -0.4 is 4.90 Å². The molecule has 0 saturated carbocycles. The first kappa shape index (κ1) is 30.9. The van der Waals surface area contributed by atoms with E-state index in [0.29, 0.717) is 0 Å². The Labute approximate surface area is 321 Å². The Morgan fingerprint density at radius 2 is 0.786 bits per heavy atom. The van der Waals surface area contributed by atoms with Crippen LogP contribution >= 0.6 is 0 Å². The van der Waals surface area contributed by atoms with Crippen molar-refractivity contribution in [2.75, 3.05) is 4.90 Å². The molecule has 0 fully saturated rings. The fraction of sp³-hybridized carbons (Fsp3) is 0. The number of hydrogen-bond donors (Lipinski definition) is 0. The van der Waals surface area contributed by atoms with Gasteiger partial charge < -0.3 is 18.2 Å². The van der Waals surface area contributed by atoms with E-state index < -0.39 is 0 Å². The van der Waals surface area contributed by atoms with Crippen molar-refractivity contribution in [1.29, 1.82) is 0 Å². The molecule has 0 aliphatic carbocycles. The second-order valence-electron chi connectivity index (χ2n) is 14.5. The van der Waals surface area contributed by atoms with Gasteiger partial charge in [-0.2, -0.15) is 0 Å². The second-order valence-corrected chi connectivity index (χ2v) is 14.5. The average molecular weight is 718 g/mol. The molecule has 0 spiro atoms. The van der Waals surface area contributed by atoms with Crippen LogP contribution in [0.4, 0.5) is 17.1 Å². The van der Waals surface area contributed by atoms with E-state index in [2.05, 4.69) is 157 Å². The Hall–Kier alpha value is -7.56. The van der Waals surface area contributed by atoms with Gasteiger partial charge in [-0.15, -0.1) is 0 Å². The fourth-order valence-corrected chi connectivity index (χ4v) is 8.63. The van der Waals surface area contributed by atoms with Gasteiger partial charge in [0.15, 0.2) is 0 Å². The van der Waals surface area contributed by atoms with Crippen LogP contribution in [0.1, 0.15) is 0 Å². The summed E-state index contributed by atoms with van der Waals surface area (Å²) in [6, 6.07) is 66.2. The normalized spacial score (nSPS) is 11.9. The molecular weight excluding hydrogens is 687 g/mol. The maximum Gasteiger partial charge on any atom is 0.137 e. The third-order valence-electron chi connectivity index (χ3n) is 11.3. The molecule has 0 atom stereocenters. The van der Waals surface area contributed by atoms with Gasteiger partial charge in [-0.05, 0) is 106 Å². The van der Waals surface area contributed by atoms with Crippen LogP contribution in [0, 0.1) is 0 Å². The molecule has 9 aromatic carbocycles. The number of para-hydroxylation sites is 2. The van der Waals surface area contributed by atoms with Crippen LogP contribution in [0.2, 0.25) is 0 Å². The lowest BCUT2D eigenvalue weighted by atomic mass is 9.98. The van der Waals surface area contributed by atoms with Gasteiger partial charge in [-0.1, -0.05) is 109 Å². The first-order valence-corrected chi connectivity index (χ1v) is 18.9. The minimum atomic E-state index is 0.853. The molecule has 0 bridgehead atoms. The van der Waals surface area contributed by atoms with Crippen molar-refractivity contribution in [1.82, 2.24) is 0 Å². The van der Waals surface area contributed by atoms with E-state index >= 15 is 0 Å². The average Bonchev–Trinajstić information content (AvgIpc) is 3.94. The summed E-state index contributed by atoms with van der Waals surface area (Å²) < 4.78 is 19.0. The largest absolute Gasteiger partial charge is 0.456 e. The SMILES string of the molecule is c1ccc2c(-c3ccc(N(c4ccc(-c5ccc6c(c5)oc5ccc7oc8ccccc8c7c56)cc4)c4ccc5c(c4)oc4ccccc45)cc3)cccc2c1. The summed E-state index contributed by atoms with van der Waals surface area (Å²) in [5.74, 6) is 0. The highest BCUT2D eigenvalue weighted by molar-refractivity contribution is 6.25. The van der Waals surface area contributed by atoms with E-state index in [1.165, 1.54) is 21.9 Å². The summed E-state index contributed by atoms with van der Waals surface area (Å²) in [7, 11) is 0. The van der Waals surface area contributed by atoms with E-state index in [1.54, 1.807) is 0 Å². The van der Waals surface area contributed by atoms with E-state index in [-0.39, 0.29) is 0 Å². The topological polar surface area (TPSA) is 42.7 Å². The van der Waals surface area contributed by atoms with Gasteiger partial charge in [0.25, 0.3) is 0 Å². The van der Waals surface area contributed by atoms with Crippen molar-refractivity contribution in [2.24, 2.45) is 0 Å². The molecule has 12 aromatic rings. The highest BCUT2D eigenvalue weighted by Crippen LogP contribution is 2.43. The van der Waals surface area contributed by atoms with Gasteiger partial charge in [-0.25, -0.2) is 0 Å². The third kappa shape index (κ3) is 4.73. The fourth-order valence-electron chi connectivity index (χ4n) is 8.63. The number of rotatable bonds is 5. The standard InChI is InChI=1S/C52H31NO3/c1-2-10-39-33(8-1)9-7-13-40(39)34-18-23-37(24-19-34)53(38-25-27-42-41-11-3-5-14-45(41)55-50(42)31-38)36-21-16-32(17-22-36)35-20-26-44-49(30-35)56-48-29-28-47-51(52(44)48)43-12-4-6-15-46(43)54-47/h1-31H. The Balaban J connectivity index is 0.954. The quantitative estimate of drug-likeness (QED) is 0.178. The lowest BCUT2D eigenvalue weighted by Crippen LogP contribution is -2.09. The zero-order valence-corrected chi connectivity index (χ0v) is 30.1. The zero-order valence-electron chi connectivity index (χ0n) is 30.1. The van der Waals surface area contributed by atoms with Crippen LogP contribution in [-0.2, 0) is 0 Å². The molecule has 0 radical (unpaired) electrons. The van der Waals surface area contributed by atoms with E-state index in [4.69, 9.17) is 13.3 Å². The molecule has 0 saturated heterocycles. The Morgan fingerprint density at radius 3 is 1.55 bits per heavy atom. The Kier molecular flexibility index (Phi) is 6.60. The van der Waals surface area contributed by atoms with Crippen molar-refractivity contribution in [3.63, 3.8) is 0 Å². The zero-order chi connectivity index (χ0) is 36.7. The van der Waals surface area contributed by atoms with E-state index in [1.807, 2.05) is 36.4 Å². The summed E-state index contributed by atoms with van der Waals surface area (Å²) in [4.78, 5) is 2.30. The first-order valence-electron chi connectivity index (χ1n) is 18.9. The van der Waals surface area contributed by atoms with Gasteiger partial charge in [-0.3, -0.25) is 0 Å². The first-order chi connectivity index (χ1) is 27.7. The summed E-state index contributed by atoms with van der Waals surface area (Å²) in [6.45, 7) is 0. The predicted octanol–water partition coefficient (Wildman–Crippen LogP) is 15.3. The van der Waals surface area contributed by atoms with Crippen LogP contribution in [0.5, 0.6) is 0 Å². The summed E-state index contributed by atoms with van der Waals surface area (Å²) in [6.07, 6.45) is 0. The van der Waals surface area contributed by atoms with Crippen molar-refractivity contribution >= 4 is 93.7 Å². The van der Waals surface area contributed by atoms with Crippen molar-refractivity contribution in [3.05, 3.63) is 188 Å². The van der Waals surface area contributed by atoms with Gasteiger partial charge in [0.2, 0.25) is 0 Å². The molecule has 0 amide bonds. The maximum atomic E-state index is 6.48. The highest BCUT2D eigenvalue weighted by atomic mass is 16.3. The molecule has 262 valence electrons. The molecule has 3 aromatic heterocycles. The number of nitrogens with zero attached hydrogens (tertiary/aromatic N) is 1. The van der Waals surface area contributed by atoms with Crippen molar-refractivity contribution in [3.8, 4) is 22.3 Å². The molecule has 12 rings (SSSR count). The third-order valence-corrected chi connectivity index (χ3v) is 11.3. The van der Waals surface area contributed by atoms with Gasteiger partial charge >= 0.3 is 0 Å². The summed E-state index contributed by atoms with van der Waals surface area (Å²) in [5, 5.41) is 9.07. The number of benzene rings is 9. The molecule has 4 nitrogen and oxygen atoms in total. The minimum absolute atomic E-state index is 0.853. The number of fused-ring (bicyclic) bond motifs is 11. The lowest BCUT2D eigenvalue weighted by Gasteiger charge is -2.26. The molecule has 4 heteroatoms. The Bertz CT molecular complexity index is 3470. The molecule has 3 heterocycles. The number of hydrogen-bond acceptors (Lipinski definition) is 4. The molecule has 56 heavy (non-hydrogen) atoms. The lowest BCUT2D eigenvalue weighted by molar-refractivity contribution is 0.663. The highest BCUT2D eigenvalue weighted by Gasteiger charge is 2.19. The Morgan fingerprint density at radius 1 is 0.286 bits per heavy atom. The molecule has 0 aliphatic heterocycles. The smallest absolute Gasteiger partial charge is 0.137 e. The van der Waals surface area contributed by atoms with Crippen LogP contribution in [0.3, 0.4) is 0 Å². The van der Waals surface area contributed by atoms with Gasteiger partial charge in [0.05, 0.1) is 0 Å². The number of anilines is 3. The van der Waals surface area contributed by atoms with Crippen LogP contribution in [0.25, 0.3) is 98.8 Å². The van der Waals surface area contributed by atoms with E-state index in [0.717, 1.165) is 94.0 Å². The molecule has 0 unspecified atom stereocenters. The predicted molar refractivity (Wildman–Crippen MR) is 231 cm³/mol. The van der Waals surface area contributed by atoms with Crippen molar-refractivity contribution < 1.29 is 13.3 Å². The number of furan rings is 3. The monoisotopic (exact) mass is 717 g/mol. The van der Waals surface area contributed by atoms with Gasteiger partial charge in [0, 0.05) is 55.4 Å². The van der Waals surface area contributed by atoms with Gasteiger partial charge in [0.1, 0.15) is 33.5 Å². The summed E-state index contributed by atoms with van der Waals surface area (Å²) >= 11 is 0. The summed E-state index contributed by atoms with van der Waals surface area (Å²) in [5.41, 5.74) is 12.9. The van der Waals surface area contributed by atoms with Crippen molar-refractivity contribution in [2.45, 2.75) is 0 Å². The molecule has 0 N–H and O–H groups in total. The molecular formula is C52H31NO3. The maximum absolute atomic E-state index is 6.48. The molecule has 0 aliphatic rings.